The Morgan fingerprint density at radius 1 is 1.58 bits per heavy atom. The van der Waals surface area contributed by atoms with Crippen LogP contribution in [0, 0.1) is 0 Å². The van der Waals surface area contributed by atoms with E-state index in [2.05, 4.69) is 0 Å². The molecule has 0 atom stereocenters. The van der Waals surface area contributed by atoms with E-state index in [-0.39, 0.29) is 35.1 Å². The van der Waals surface area contributed by atoms with Gasteiger partial charge in [-0.2, -0.15) is 8.42 Å². The van der Waals surface area contributed by atoms with Gasteiger partial charge in [-0.25, -0.2) is 0 Å². The van der Waals surface area contributed by atoms with Gasteiger partial charge in [-0.05, 0) is 12.5 Å². The van der Waals surface area contributed by atoms with Crippen molar-refractivity contribution < 1.29 is 52.4 Å². The van der Waals surface area contributed by atoms with E-state index in [1.54, 1.807) is 0 Å². The first kappa shape index (κ1) is 14.6. The predicted molar refractivity (Wildman–Crippen MR) is 35.2 cm³/mol. The van der Waals surface area contributed by atoms with E-state index >= 15 is 0 Å². The molecule has 0 aromatic rings. The van der Waals surface area contributed by atoms with Crippen LogP contribution in [0.2, 0.25) is 0 Å². The molecule has 0 saturated carbocycles. The maximum absolute atomic E-state index is 10.1. The molecule has 12 heavy (non-hydrogen) atoms. The van der Waals surface area contributed by atoms with Gasteiger partial charge >= 0.3 is 29.6 Å². The molecule has 0 aromatic carbocycles. The van der Waals surface area contributed by atoms with E-state index in [0.717, 1.165) is 6.08 Å². The Labute approximate surface area is 92.5 Å². The normalized spacial score (nSPS) is 12.0. The minimum absolute atomic E-state index is 0. The van der Waals surface area contributed by atoms with Crippen LogP contribution in [0.25, 0.3) is 0 Å². The summed E-state index contributed by atoms with van der Waals surface area (Å²) in [5, 5.41) is 9.96. The Balaban J connectivity index is 0. The number of hydrogen-bond acceptors (Lipinski definition) is 4. The van der Waals surface area contributed by atoms with Gasteiger partial charge in [-0.15, -0.1) is 0 Å². The quantitative estimate of drug-likeness (QED) is 0.283. The summed E-state index contributed by atoms with van der Waals surface area (Å²) in [6, 6.07) is 0. The van der Waals surface area contributed by atoms with Crippen molar-refractivity contribution in [2.75, 3.05) is 5.75 Å². The predicted octanol–water partition coefficient (Wildman–Crippen LogP) is -4.43. The van der Waals surface area contributed by atoms with Gasteiger partial charge in [0, 0.05) is 0 Å². The zero-order valence-electron chi connectivity index (χ0n) is 6.77. The Hall–Kier alpha value is 0.120. The number of carbonyl (C=O) groups is 1. The molecule has 64 valence electrons. The minimum Gasteiger partial charge on any atom is -0.545 e. The Morgan fingerprint density at radius 2 is 2.00 bits per heavy atom. The van der Waals surface area contributed by atoms with Gasteiger partial charge in [0.2, 0.25) is 0 Å². The second kappa shape index (κ2) is 5.71. The fourth-order valence-electron chi connectivity index (χ4n) is 0.314. The number of rotatable bonds is 3. The van der Waals surface area contributed by atoms with Crippen LogP contribution < -0.4 is 34.7 Å². The second-order valence-corrected chi connectivity index (χ2v) is 3.42. The topological polar surface area (TPSA) is 94.5 Å². The fourth-order valence-corrected chi connectivity index (χ4v) is 0.774. The van der Waals surface area contributed by atoms with Gasteiger partial charge in [0.15, 0.2) is 0 Å². The summed E-state index contributed by atoms with van der Waals surface area (Å²) >= 11 is 0. The summed E-state index contributed by atoms with van der Waals surface area (Å²) in [6.45, 7) is 1.18. The third-order valence-electron chi connectivity index (χ3n) is 0.922. The van der Waals surface area contributed by atoms with Gasteiger partial charge in [0.1, 0.15) is 0 Å². The molecule has 0 unspecified atom stereocenters. The molecule has 5 nitrogen and oxygen atoms in total. The van der Waals surface area contributed by atoms with Crippen molar-refractivity contribution in [2.24, 2.45) is 0 Å². The monoisotopic (exact) mass is 202 g/mol. The van der Waals surface area contributed by atoms with Crippen LogP contribution in [0.3, 0.4) is 0 Å². The smallest absolute Gasteiger partial charge is 0.545 e. The van der Waals surface area contributed by atoms with Crippen LogP contribution >= 0.6 is 0 Å². The van der Waals surface area contributed by atoms with Gasteiger partial charge in [-0.1, -0.05) is 6.08 Å². The summed E-state index contributed by atoms with van der Waals surface area (Å²) in [7, 11) is -4.12. The van der Waals surface area contributed by atoms with Crippen molar-refractivity contribution >= 4 is 16.1 Å². The van der Waals surface area contributed by atoms with Gasteiger partial charge < -0.3 is 9.90 Å². The van der Waals surface area contributed by atoms with Crippen LogP contribution in [0.5, 0.6) is 0 Å². The molecular formula is C5H7NaO5S. The molecule has 0 aromatic heterocycles. The maximum atomic E-state index is 10.1. The average molecular weight is 202 g/mol. The van der Waals surface area contributed by atoms with Gasteiger partial charge in [0.05, 0.1) is 11.7 Å². The van der Waals surface area contributed by atoms with E-state index < -0.39 is 21.8 Å². The molecule has 1 N–H and O–H groups in total. The third-order valence-corrected chi connectivity index (χ3v) is 1.51. The molecule has 0 aliphatic heterocycles. The standard InChI is InChI=1S/C5H8O5S.Na/c1-4(5(6)7)2-3-11(8,9)10;/h2H,3H2,1H3,(H,6,7)(H,8,9,10);/q;+1/p-1. The Bertz CT molecular complexity index is 278. The Kier molecular flexibility index (Phi) is 6.97. The zero-order valence-corrected chi connectivity index (χ0v) is 9.59. The van der Waals surface area contributed by atoms with E-state index in [0.29, 0.717) is 0 Å². The van der Waals surface area contributed by atoms with Crippen molar-refractivity contribution in [2.45, 2.75) is 6.92 Å². The summed E-state index contributed by atoms with van der Waals surface area (Å²) in [5.74, 6) is -2.15. The average Bonchev–Trinajstić information content (AvgIpc) is 1.80. The van der Waals surface area contributed by atoms with Gasteiger partial charge in [0.25, 0.3) is 10.1 Å². The molecule has 0 saturated heterocycles. The zero-order chi connectivity index (χ0) is 9.07. The Morgan fingerprint density at radius 3 is 2.25 bits per heavy atom. The molecule has 0 amide bonds. The fraction of sp³-hybridized carbons (Fsp3) is 0.400. The van der Waals surface area contributed by atoms with Crippen LogP contribution in [0.15, 0.2) is 11.6 Å². The van der Waals surface area contributed by atoms with Crippen molar-refractivity contribution in [3.05, 3.63) is 11.6 Å². The van der Waals surface area contributed by atoms with Crippen molar-refractivity contribution in [1.82, 2.24) is 0 Å². The maximum Gasteiger partial charge on any atom is 1.00 e. The van der Waals surface area contributed by atoms with Crippen molar-refractivity contribution in [1.29, 1.82) is 0 Å². The molecule has 0 aliphatic carbocycles. The van der Waals surface area contributed by atoms with E-state index in [9.17, 15) is 18.3 Å². The molecule has 0 aliphatic rings. The van der Waals surface area contributed by atoms with Crippen LogP contribution in [0.4, 0.5) is 0 Å². The number of carbonyl (C=O) groups excluding carboxylic acids is 1. The molecule has 0 rings (SSSR count). The molecule has 0 fully saturated rings. The van der Waals surface area contributed by atoms with Crippen molar-refractivity contribution in [3.63, 3.8) is 0 Å². The summed E-state index contributed by atoms with van der Waals surface area (Å²) in [6.07, 6.45) is 0.866. The van der Waals surface area contributed by atoms with E-state index in [1.165, 1.54) is 6.92 Å². The molecule has 0 radical (unpaired) electrons. The number of carboxylic acids is 1. The minimum atomic E-state index is -4.12. The summed E-state index contributed by atoms with van der Waals surface area (Å²) in [5.41, 5.74) is -0.220. The van der Waals surface area contributed by atoms with Crippen molar-refractivity contribution in [3.8, 4) is 0 Å². The number of carboxylic acid groups (broad SMARTS) is 1. The molecule has 0 bridgehead atoms. The number of aliphatic carboxylic acids is 1. The van der Waals surface area contributed by atoms with E-state index in [1.807, 2.05) is 0 Å². The molecule has 7 heteroatoms. The number of hydrogen-bond donors (Lipinski definition) is 1. The molecular weight excluding hydrogens is 195 g/mol. The third kappa shape index (κ3) is 8.22. The first-order valence-corrected chi connectivity index (χ1v) is 4.27. The molecule has 0 heterocycles. The molecule has 0 spiro atoms. The summed E-state index contributed by atoms with van der Waals surface area (Å²) < 4.78 is 28.3. The van der Waals surface area contributed by atoms with Gasteiger partial charge in [-0.3, -0.25) is 4.55 Å². The summed E-state index contributed by atoms with van der Waals surface area (Å²) in [4.78, 5) is 9.96. The first-order chi connectivity index (χ1) is 4.83. The van der Waals surface area contributed by atoms with E-state index in [4.69, 9.17) is 4.55 Å². The SMILES string of the molecule is CC(=CCS(=O)(=O)O)C(=O)[O-].[Na+]. The largest absolute Gasteiger partial charge is 1.00 e. The van der Waals surface area contributed by atoms with Crippen LogP contribution in [-0.4, -0.2) is 24.7 Å². The van der Waals surface area contributed by atoms with Crippen LogP contribution in [-0.2, 0) is 14.9 Å². The van der Waals surface area contributed by atoms with Crippen LogP contribution in [0.1, 0.15) is 6.92 Å². The first-order valence-electron chi connectivity index (χ1n) is 2.66. The second-order valence-electron chi connectivity index (χ2n) is 1.92.